The summed E-state index contributed by atoms with van der Waals surface area (Å²) in [5.41, 5.74) is 8.48. The number of halogens is 1. The van der Waals surface area contributed by atoms with Gasteiger partial charge in [0.15, 0.2) is 0 Å². The van der Waals surface area contributed by atoms with Crippen molar-refractivity contribution in [3.05, 3.63) is 93.1 Å². The molecule has 0 atom stereocenters. The topological polar surface area (TPSA) is 92.2 Å². The van der Waals surface area contributed by atoms with E-state index in [9.17, 15) is 14.4 Å². The van der Waals surface area contributed by atoms with E-state index in [1.807, 2.05) is 64.1 Å². The number of fused-ring (bicyclic) bond motifs is 1. The SMILES string of the molecule is Cc1ccc(C)c(NC(=O)C(=O)Nn2c(C(=O)Nc3ccc(C)c(C)c3)cc3cc(Br)ccc32)c1. The van der Waals surface area contributed by atoms with Crippen molar-refractivity contribution in [2.24, 2.45) is 0 Å². The Hall–Kier alpha value is -3.91. The lowest BCUT2D eigenvalue weighted by Gasteiger charge is -2.14. The highest BCUT2D eigenvalue weighted by Crippen LogP contribution is 2.24. The Morgan fingerprint density at radius 2 is 1.49 bits per heavy atom. The van der Waals surface area contributed by atoms with Gasteiger partial charge < -0.3 is 10.6 Å². The molecule has 178 valence electrons. The van der Waals surface area contributed by atoms with Crippen molar-refractivity contribution in [1.82, 2.24) is 4.68 Å². The average Bonchev–Trinajstić information content (AvgIpc) is 3.16. The van der Waals surface area contributed by atoms with E-state index in [1.54, 1.807) is 24.3 Å². The van der Waals surface area contributed by atoms with Crippen LogP contribution in [0.1, 0.15) is 32.7 Å². The molecule has 35 heavy (non-hydrogen) atoms. The summed E-state index contributed by atoms with van der Waals surface area (Å²) in [5.74, 6) is -2.15. The maximum Gasteiger partial charge on any atom is 0.328 e. The van der Waals surface area contributed by atoms with Gasteiger partial charge in [0.1, 0.15) is 5.69 Å². The summed E-state index contributed by atoms with van der Waals surface area (Å²) in [7, 11) is 0. The Morgan fingerprint density at radius 1 is 0.743 bits per heavy atom. The molecule has 0 radical (unpaired) electrons. The molecule has 0 saturated carbocycles. The maximum atomic E-state index is 13.2. The lowest BCUT2D eigenvalue weighted by Crippen LogP contribution is -2.36. The molecular weight excluding hydrogens is 508 g/mol. The van der Waals surface area contributed by atoms with Gasteiger partial charge in [0, 0.05) is 21.2 Å². The van der Waals surface area contributed by atoms with Gasteiger partial charge in [-0.05, 0) is 92.4 Å². The maximum absolute atomic E-state index is 13.2. The molecule has 0 bridgehead atoms. The molecule has 1 heterocycles. The van der Waals surface area contributed by atoms with Crippen molar-refractivity contribution in [1.29, 1.82) is 0 Å². The number of amides is 3. The Morgan fingerprint density at radius 3 is 2.23 bits per heavy atom. The number of anilines is 2. The number of aryl methyl sites for hydroxylation is 4. The van der Waals surface area contributed by atoms with Gasteiger partial charge >= 0.3 is 11.8 Å². The predicted molar refractivity (Wildman–Crippen MR) is 142 cm³/mol. The fourth-order valence-corrected chi connectivity index (χ4v) is 4.07. The first kappa shape index (κ1) is 24.2. The standard InChI is InChI=1S/C27H25BrN4O3/c1-15-5-6-17(3)22(11-15)30-26(34)27(35)31-32-23-10-8-20(28)13-19(23)14-24(32)25(33)29-21-9-7-16(2)18(4)12-21/h5-14H,1-4H3,(H,29,33)(H,30,34)(H,31,35). The van der Waals surface area contributed by atoms with E-state index in [4.69, 9.17) is 0 Å². The van der Waals surface area contributed by atoms with Crippen LogP contribution in [0.25, 0.3) is 10.9 Å². The predicted octanol–water partition coefficient (Wildman–Crippen LogP) is 5.60. The Kier molecular flexibility index (Phi) is 6.75. The molecule has 0 aliphatic carbocycles. The number of hydrogen-bond acceptors (Lipinski definition) is 3. The smallest absolute Gasteiger partial charge is 0.321 e. The second-order valence-corrected chi connectivity index (χ2v) is 9.45. The largest absolute Gasteiger partial charge is 0.328 e. The fourth-order valence-electron chi connectivity index (χ4n) is 3.69. The molecule has 0 fully saturated rings. The molecule has 3 amide bonds. The van der Waals surface area contributed by atoms with E-state index in [-0.39, 0.29) is 5.69 Å². The number of rotatable bonds is 4. The van der Waals surface area contributed by atoms with Gasteiger partial charge in [-0.15, -0.1) is 0 Å². The molecule has 0 unspecified atom stereocenters. The average molecular weight is 533 g/mol. The van der Waals surface area contributed by atoms with Crippen LogP contribution in [0.4, 0.5) is 11.4 Å². The highest BCUT2D eigenvalue weighted by atomic mass is 79.9. The minimum Gasteiger partial charge on any atom is -0.321 e. The van der Waals surface area contributed by atoms with E-state index in [1.165, 1.54) is 4.68 Å². The zero-order chi connectivity index (χ0) is 25.3. The van der Waals surface area contributed by atoms with Crippen molar-refractivity contribution in [3.8, 4) is 0 Å². The molecule has 0 aliphatic rings. The first-order valence-corrected chi connectivity index (χ1v) is 11.8. The molecule has 0 spiro atoms. The molecule has 4 aromatic rings. The second kappa shape index (κ2) is 9.76. The van der Waals surface area contributed by atoms with Crippen LogP contribution in [0.2, 0.25) is 0 Å². The van der Waals surface area contributed by atoms with Gasteiger partial charge in [-0.3, -0.25) is 19.8 Å². The van der Waals surface area contributed by atoms with Crippen molar-refractivity contribution >= 4 is 55.9 Å². The summed E-state index contributed by atoms with van der Waals surface area (Å²) in [6, 6.07) is 18.3. The summed E-state index contributed by atoms with van der Waals surface area (Å²) < 4.78 is 2.16. The highest BCUT2D eigenvalue weighted by Gasteiger charge is 2.21. The quantitative estimate of drug-likeness (QED) is 0.299. The molecular formula is C27H25BrN4O3. The molecule has 8 heteroatoms. The first-order valence-electron chi connectivity index (χ1n) is 11.0. The number of carbonyl (C=O) groups is 3. The van der Waals surface area contributed by atoms with E-state index >= 15 is 0 Å². The summed E-state index contributed by atoms with van der Waals surface area (Å²) in [4.78, 5) is 38.8. The normalized spacial score (nSPS) is 10.8. The molecule has 7 nitrogen and oxygen atoms in total. The molecule has 0 aliphatic heterocycles. The molecule has 4 rings (SSSR count). The van der Waals surface area contributed by atoms with Gasteiger partial charge in [0.2, 0.25) is 0 Å². The second-order valence-electron chi connectivity index (χ2n) is 8.53. The van der Waals surface area contributed by atoms with Crippen LogP contribution in [0, 0.1) is 27.7 Å². The van der Waals surface area contributed by atoms with Crippen molar-refractivity contribution in [2.75, 3.05) is 16.1 Å². The zero-order valence-electron chi connectivity index (χ0n) is 19.8. The van der Waals surface area contributed by atoms with Gasteiger partial charge in [-0.1, -0.05) is 34.1 Å². The molecule has 1 aromatic heterocycles. The number of nitrogens with one attached hydrogen (secondary N) is 3. The van der Waals surface area contributed by atoms with Crippen molar-refractivity contribution in [3.63, 3.8) is 0 Å². The summed E-state index contributed by atoms with van der Waals surface area (Å²) in [5, 5.41) is 6.25. The van der Waals surface area contributed by atoms with E-state index < -0.39 is 17.7 Å². The van der Waals surface area contributed by atoms with E-state index in [2.05, 4.69) is 32.0 Å². The summed E-state index contributed by atoms with van der Waals surface area (Å²) in [6.45, 7) is 7.71. The minimum absolute atomic E-state index is 0.184. The van der Waals surface area contributed by atoms with Crippen molar-refractivity contribution < 1.29 is 14.4 Å². The van der Waals surface area contributed by atoms with Gasteiger partial charge in [0.25, 0.3) is 5.91 Å². The van der Waals surface area contributed by atoms with E-state index in [0.717, 1.165) is 32.1 Å². The number of hydrogen-bond donors (Lipinski definition) is 3. The van der Waals surface area contributed by atoms with Crippen LogP contribution in [0.5, 0.6) is 0 Å². The van der Waals surface area contributed by atoms with E-state index in [0.29, 0.717) is 16.9 Å². The highest BCUT2D eigenvalue weighted by molar-refractivity contribution is 9.10. The Balaban J connectivity index is 1.64. The number of benzene rings is 3. The van der Waals surface area contributed by atoms with Crippen LogP contribution in [0.15, 0.2) is 65.1 Å². The minimum atomic E-state index is -0.897. The third kappa shape index (κ3) is 5.27. The molecule has 0 saturated heterocycles. The first-order chi connectivity index (χ1) is 16.6. The number of aromatic nitrogens is 1. The molecule has 3 aromatic carbocycles. The third-order valence-electron chi connectivity index (χ3n) is 5.82. The van der Waals surface area contributed by atoms with Crippen LogP contribution in [-0.4, -0.2) is 22.4 Å². The summed E-state index contributed by atoms with van der Waals surface area (Å²) in [6.07, 6.45) is 0. The Bertz CT molecular complexity index is 1490. The van der Waals surface area contributed by atoms with Crippen LogP contribution >= 0.6 is 15.9 Å². The van der Waals surface area contributed by atoms with Crippen molar-refractivity contribution in [2.45, 2.75) is 27.7 Å². The number of carbonyl (C=O) groups excluding carboxylic acids is 3. The monoisotopic (exact) mass is 532 g/mol. The van der Waals surface area contributed by atoms with Gasteiger partial charge in [-0.2, -0.15) is 0 Å². The summed E-state index contributed by atoms with van der Waals surface area (Å²) >= 11 is 3.43. The van der Waals surface area contributed by atoms with Gasteiger partial charge in [-0.25, -0.2) is 4.68 Å². The van der Waals surface area contributed by atoms with Crippen LogP contribution in [0.3, 0.4) is 0 Å². The Labute approximate surface area is 211 Å². The van der Waals surface area contributed by atoms with Crippen LogP contribution < -0.4 is 16.1 Å². The zero-order valence-corrected chi connectivity index (χ0v) is 21.4. The number of nitrogens with zero attached hydrogens (tertiary/aromatic N) is 1. The lowest BCUT2D eigenvalue weighted by molar-refractivity contribution is -0.133. The van der Waals surface area contributed by atoms with Gasteiger partial charge in [0.05, 0.1) is 5.52 Å². The molecule has 3 N–H and O–H groups in total. The van der Waals surface area contributed by atoms with Crippen LogP contribution in [-0.2, 0) is 9.59 Å². The fraction of sp³-hybridized carbons (Fsp3) is 0.148. The lowest BCUT2D eigenvalue weighted by atomic mass is 10.1. The third-order valence-corrected chi connectivity index (χ3v) is 6.32.